The summed E-state index contributed by atoms with van der Waals surface area (Å²) in [5.74, 6) is 1.02. The van der Waals surface area contributed by atoms with Crippen molar-refractivity contribution in [3.05, 3.63) is 108 Å². The lowest BCUT2D eigenvalue weighted by Gasteiger charge is -2.34. The average molecular weight is 773 g/mol. The van der Waals surface area contributed by atoms with Crippen molar-refractivity contribution in [3.63, 3.8) is 0 Å². The van der Waals surface area contributed by atoms with Gasteiger partial charge < -0.3 is 35.1 Å². The van der Waals surface area contributed by atoms with Crippen LogP contribution in [0.2, 0.25) is 0 Å². The molecule has 0 bridgehead atoms. The summed E-state index contributed by atoms with van der Waals surface area (Å²) < 4.78 is 4.57. The van der Waals surface area contributed by atoms with Crippen LogP contribution in [0.3, 0.4) is 0 Å². The zero-order valence-corrected chi connectivity index (χ0v) is 33.2. The molecular weight excluding hydrogens is 721 g/mol. The summed E-state index contributed by atoms with van der Waals surface area (Å²) in [5.41, 5.74) is 6.45. The van der Waals surface area contributed by atoms with Crippen molar-refractivity contribution in [3.8, 4) is 33.6 Å². The van der Waals surface area contributed by atoms with Crippen molar-refractivity contribution in [2.45, 2.75) is 72.1 Å². The Morgan fingerprint density at radius 3 is 1.84 bits per heavy atom. The van der Waals surface area contributed by atoms with E-state index in [2.05, 4.69) is 73.4 Å². The van der Waals surface area contributed by atoms with E-state index in [0.717, 1.165) is 58.5 Å². The van der Waals surface area contributed by atoms with Crippen molar-refractivity contribution in [1.82, 2.24) is 40.4 Å². The maximum atomic E-state index is 14.3. The van der Waals surface area contributed by atoms with Gasteiger partial charge in [0.15, 0.2) is 0 Å². The number of imidazole rings is 2. The van der Waals surface area contributed by atoms with Crippen LogP contribution in [-0.4, -0.2) is 79.8 Å². The van der Waals surface area contributed by atoms with Gasteiger partial charge in [0.25, 0.3) is 0 Å². The molecule has 13 heteroatoms. The Morgan fingerprint density at radius 2 is 1.33 bits per heavy atom. The van der Waals surface area contributed by atoms with Crippen molar-refractivity contribution in [2.75, 3.05) is 20.2 Å². The largest absolute Gasteiger partial charge is 0.453 e. The molecule has 2 aromatic heterocycles. The number of nitrogens with zero attached hydrogens (tertiary/aromatic N) is 4. The summed E-state index contributed by atoms with van der Waals surface area (Å²) in [5, 5.41) is 5.49. The predicted molar refractivity (Wildman–Crippen MR) is 218 cm³/mol. The number of hydrogen-bond acceptors (Lipinski definition) is 7. The molecule has 1 aliphatic carbocycles. The number of hydrogen-bond donors (Lipinski definition) is 4. The molecule has 6 rings (SSSR count). The Labute approximate surface area is 333 Å². The Hall–Kier alpha value is -6.24. The fourth-order valence-electron chi connectivity index (χ4n) is 6.59. The van der Waals surface area contributed by atoms with Crippen LogP contribution in [-0.2, 0) is 32.2 Å². The van der Waals surface area contributed by atoms with E-state index in [1.165, 1.54) is 7.11 Å². The summed E-state index contributed by atoms with van der Waals surface area (Å²) in [6.07, 6.45) is 5.38. The van der Waals surface area contributed by atoms with Crippen molar-refractivity contribution in [2.24, 2.45) is 11.8 Å². The lowest BCUT2D eigenvalue weighted by molar-refractivity contribution is -0.140. The molecule has 0 spiro atoms. The van der Waals surface area contributed by atoms with Crippen LogP contribution in [0.4, 0.5) is 4.79 Å². The number of alkyl carbamates (subject to hydrolysis) is 1. The van der Waals surface area contributed by atoms with Gasteiger partial charge in [-0.3, -0.25) is 14.4 Å². The first-order chi connectivity index (χ1) is 27.5. The van der Waals surface area contributed by atoms with Crippen LogP contribution in [0.15, 0.2) is 91.3 Å². The lowest BCUT2D eigenvalue weighted by Crippen LogP contribution is -2.48. The van der Waals surface area contributed by atoms with E-state index < -0.39 is 12.1 Å². The number of carbonyl (C=O) groups excluding carboxylic acids is 4. The fraction of sp³-hybridized carbons (Fsp3) is 0.364. The second kappa shape index (κ2) is 18.6. The van der Waals surface area contributed by atoms with Crippen molar-refractivity contribution >= 4 is 23.8 Å². The molecule has 1 aliphatic rings. The van der Waals surface area contributed by atoms with Gasteiger partial charge in [-0.1, -0.05) is 99.6 Å². The highest BCUT2D eigenvalue weighted by molar-refractivity contribution is 5.90. The first-order valence-corrected chi connectivity index (χ1v) is 19.6. The van der Waals surface area contributed by atoms with Gasteiger partial charge in [0.1, 0.15) is 24.2 Å². The smallest absolute Gasteiger partial charge is 0.407 e. The third-order valence-corrected chi connectivity index (χ3v) is 10.4. The van der Waals surface area contributed by atoms with Gasteiger partial charge in [0, 0.05) is 18.5 Å². The minimum Gasteiger partial charge on any atom is -0.453 e. The van der Waals surface area contributed by atoms with E-state index in [0.29, 0.717) is 24.7 Å². The molecule has 2 atom stereocenters. The number of methoxy groups -OCH3 is 1. The molecule has 4 amide bonds. The van der Waals surface area contributed by atoms with E-state index >= 15 is 0 Å². The zero-order chi connectivity index (χ0) is 40.5. The number of nitrogens with one attached hydrogen (secondary N) is 4. The molecule has 298 valence electrons. The van der Waals surface area contributed by atoms with Gasteiger partial charge in [0.2, 0.25) is 17.7 Å². The number of benzene rings is 3. The maximum absolute atomic E-state index is 14.3. The summed E-state index contributed by atoms with van der Waals surface area (Å²) in [4.78, 5) is 70.7. The average Bonchev–Trinajstić information content (AvgIpc) is 3.81. The van der Waals surface area contributed by atoms with Gasteiger partial charge in [-0.2, -0.15) is 0 Å². The molecule has 5 aromatic rings. The summed E-state index contributed by atoms with van der Waals surface area (Å²) in [6, 6.07) is 25.0. The molecule has 0 saturated heterocycles. The highest BCUT2D eigenvalue weighted by atomic mass is 16.5. The number of rotatable bonds is 17. The normalized spacial score (nSPS) is 13.4. The molecule has 1 fully saturated rings. The molecule has 4 N–H and O–H groups in total. The quantitative estimate of drug-likeness (QED) is 0.0801. The number of aromatic amines is 2. The molecule has 0 aliphatic heterocycles. The molecule has 57 heavy (non-hydrogen) atoms. The molecule has 3 aromatic carbocycles. The first-order valence-electron chi connectivity index (χ1n) is 19.6. The number of amides is 4. The van der Waals surface area contributed by atoms with Gasteiger partial charge in [-0.15, -0.1) is 0 Å². The van der Waals surface area contributed by atoms with Gasteiger partial charge in [-0.25, -0.2) is 14.8 Å². The highest BCUT2D eigenvalue weighted by Gasteiger charge is 2.36. The number of ether oxygens (including phenoxy) is 1. The molecular formula is C44H52N8O5. The number of aromatic nitrogens is 4. The molecule has 0 radical (unpaired) electrons. The number of carbonyl (C=O) groups is 4. The van der Waals surface area contributed by atoms with E-state index in [1.54, 1.807) is 17.3 Å². The highest BCUT2D eigenvalue weighted by Crippen LogP contribution is 2.31. The maximum Gasteiger partial charge on any atom is 0.407 e. The van der Waals surface area contributed by atoms with Crippen LogP contribution in [0.5, 0.6) is 0 Å². The van der Waals surface area contributed by atoms with E-state index in [4.69, 9.17) is 0 Å². The Kier molecular flexibility index (Phi) is 13.2. The van der Waals surface area contributed by atoms with Crippen LogP contribution in [0.1, 0.15) is 70.2 Å². The third kappa shape index (κ3) is 10.3. The molecule has 2 heterocycles. The Bertz CT molecular complexity index is 2120. The van der Waals surface area contributed by atoms with Gasteiger partial charge in [-0.05, 0) is 59.9 Å². The van der Waals surface area contributed by atoms with Crippen molar-refractivity contribution in [1.29, 1.82) is 0 Å². The van der Waals surface area contributed by atoms with Crippen LogP contribution < -0.4 is 10.6 Å². The summed E-state index contributed by atoms with van der Waals surface area (Å²) >= 11 is 0. The minimum atomic E-state index is -0.781. The molecule has 13 nitrogen and oxygen atoms in total. The van der Waals surface area contributed by atoms with Crippen LogP contribution >= 0.6 is 0 Å². The lowest BCUT2D eigenvalue weighted by atomic mass is 10.00. The van der Waals surface area contributed by atoms with Crippen LogP contribution in [0, 0.1) is 11.8 Å². The zero-order valence-electron chi connectivity index (χ0n) is 33.2. The minimum absolute atomic E-state index is 0.0203. The summed E-state index contributed by atoms with van der Waals surface area (Å²) in [7, 11) is 1.26. The predicted octanol–water partition coefficient (Wildman–Crippen LogP) is 6.87. The second-order valence-corrected chi connectivity index (χ2v) is 14.9. The second-order valence-electron chi connectivity index (χ2n) is 14.9. The SMILES string of the molecule is CCCN(Cc1ncc(-c2ccc(-c3ccc(-c4cnc(CN(C(=O)[C@H](NC(=O)C5CC5)c5ccccc5)[C@H](C)C(C)C)[nH]4)cc3)cc2)[nH]1)C(=O)CNC(=O)OC. The third-order valence-electron chi connectivity index (χ3n) is 10.4. The molecule has 0 unspecified atom stereocenters. The first kappa shape index (κ1) is 40.4. The van der Waals surface area contributed by atoms with Gasteiger partial charge >= 0.3 is 6.09 Å². The van der Waals surface area contributed by atoms with Crippen LogP contribution in [0.25, 0.3) is 33.6 Å². The topological polar surface area (TPSA) is 165 Å². The Morgan fingerprint density at radius 1 is 0.789 bits per heavy atom. The monoisotopic (exact) mass is 772 g/mol. The number of H-pyrrole nitrogens is 2. The van der Waals surface area contributed by atoms with E-state index in [1.807, 2.05) is 73.3 Å². The fourth-order valence-corrected chi connectivity index (χ4v) is 6.59. The standard InChI is InChI=1S/C44H52N8O5/c1-6-22-51(40(53)25-47-44(56)57-5)26-38-45-23-36(48-38)32-16-12-30(13-17-32)31-14-18-33(19-15-31)37-24-46-39(49-37)27-52(29(4)28(2)3)43(55)41(34-10-8-7-9-11-34)50-42(54)35-20-21-35/h7-19,23-24,28-29,35,41H,6,20-22,25-27H2,1-5H3,(H,45,48)(H,46,49)(H,47,56)(H,50,54)/t29-,41-/m1/s1. The van der Waals surface area contributed by atoms with Crippen molar-refractivity contribution < 1.29 is 23.9 Å². The van der Waals surface area contributed by atoms with E-state index in [9.17, 15) is 19.2 Å². The van der Waals surface area contributed by atoms with Gasteiger partial charge in [0.05, 0.1) is 44.0 Å². The van der Waals surface area contributed by atoms with E-state index in [-0.39, 0.29) is 48.7 Å². The Balaban J connectivity index is 1.11. The summed E-state index contributed by atoms with van der Waals surface area (Å²) in [6.45, 7) is 9.14. The molecule has 1 saturated carbocycles.